The van der Waals surface area contributed by atoms with Gasteiger partial charge in [-0.2, -0.15) is 4.68 Å². The number of benzene rings is 1. The van der Waals surface area contributed by atoms with Crippen LogP contribution in [0.1, 0.15) is 11.3 Å². The van der Waals surface area contributed by atoms with Crippen molar-refractivity contribution >= 4 is 0 Å². The number of aromatic nitrogens is 3. The zero-order chi connectivity index (χ0) is 10.8. The van der Waals surface area contributed by atoms with E-state index in [4.69, 9.17) is 0 Å². The first-order valence-corrected chi connectivity index (χ1v) is 4.88. The fourth-order valence-electron chi connectivity index (χ4n) is 1.51. The molecule has 0 fully saturated rings. The van der Waals surface area contributed by atoms with E-state index < -0.39 is 0 Å². The zero-order valence-corrected chi connectivity index (χ0v) is 8.90. The molecule has 1 N–H and O–H groups in total. The van der Waals surface area contributed by atoms with Crippen LogP contribution in [0.15, 0.2) is 35.1 Å². The lowest BCUT2D eigenvalue weighted by Gasteiger charge is -1.94. The highest BCUT2D eigenvalue weighted by Crippen LogP contribution is 1.98. The largest absolute Gasteiger partial charge is 0.396 e. The molecule has 1 heterocycles. The van der Waals surface area contributed by atoms with Crippen molar-refractivity contribution < 1.29 is 4.68 Å². The highest BCUT2D eigenvalue weighted by molar-refractivity contribution is 5.14. The van der Waals surface area contributed by atoms with Gasteiger partial charge in [-0.25, -0.2) is 4.79 Å². The second-order valence-electron chi connectivity index (χ2n) is 3.62. The molecular weight excluding hydrogens is 190 g/mol. The van der Waals surface area contributed by atoms with Gasteiger partial charge in [0.25, 0.3) is 0 Å². The van der Waals surface area contributed by atoms with Crippen molar-refractivity contribution in [3.63, 3.8) is 0 Å². The molecule has 0 saturated carbocycles. The number of aromatic amines is 1. The SMILES string of the molecule is Cc1c(=O)n(Cc2ccccc2)[nH][n+]1C. The molecule has 0 saturated heterocycles. The predicted molar refractivity (Wildman–Crippen MR) is 56.5 cm³/mol. The summed E-state index contributed by atoms with van der Waals surface area (Å²) < 4.78 is 3.33. The minimum absolute atomic E-state index is 0.0290. The van der Waals surface area contributed by atoms with Gasteiger partial charge in [0.2, 0.25) is 5.69 Å². The van der Waals surface area contributed by atoms with E-state index in [1.807, 2.05) is 37.4 Å². The fourth-order valence-corrected chi connectivity index (χ4v) is 1.51. The summed E-state index contributed by atoms with van der Waals surface area (Å²) in [4.78, 5) is 11.7. The monoisotopic (exact) mass is 204 g/mol. The van der Waals surface area contributed by atoms with Crippen molar-refractivity contribution in [1.29, 1.82) is 0 Å². The lowest BCUT2D eigenvalue weighted by atomic mass is 10.2. The van der Waals surface area contributed by atoms with E-state index in [1.54, 1.807) is 16.3 Å². The van der Waals surface area contributed by atoms with Crippen molar-refractivity contribution in [2.75, 3.05) is 0 Å². The van der Waals surface area contributed by atoms with Crippen molar-refractivity contribution in [1.82, 2.24) is 9.90 Å². The summed E-state index contributed by atoms with van der Waals surface area (Å²) in [7, 11) is 1.83. The Labute approximate surface area is 87.8 Å². The van der Waals surface area contributed by atoms with Crippen LogP contribution >= 0.6 is 0 Å². The first-order valence-electron chi connectivity index (χ1n) is 4.88. The molecule has 0 bridgehead atoms. The van der Waals surface area contributed by atoms with Gasteiger partial charge in [0, 0.05) is 6.92 Å². The van der Waals surface area contributed by atoms with Gasteiger partial charge >= 0.3 is 5.56 Å². The van der Waals surface area contributed by atoms with E-state index in [1.165, 1.54) is 0 Å². The average molecular weight is 204 g/mol. The number of nitrogens with one attached hydrogen (secondary N) is 1. The van der Waals surface area contributed by atoms with Crippen LogP contribution < -0.4 is 10.2 Å². The third-order valence-corrected chi connectivity index (χ3v) is 2.51. The first-order chi connectivity index (χ1) is 7.18. The van der Waals surface area contributed by atoms with Crippen molar-refractivity contribution in [2.45, 2.75) is 13.5 Å². The fraction of sp³-hybridized carbons (Fsp3) is 0.273. The third-order valence-electron chi connectivity index (χ3n) is 2.51. The second-order valence-corrected chi connectivity index (χ2v) is 3.62. The molecule has 0 aliphatic rings. The number of rotatable bonds is 2. The van der Waals surface area contributed by atoms with Crippen LogP contribution in [0.25, 0.3) is 0 Å². The predicted octanol–water partition coefficient (Wildman–Crippen LogP) is 0.358. The van der Waals surface area contributed by atoms with Gasteiger partial charge in [0.1, 0.15) is 13.6 Å². The number of H-pyrrole nitrogens is 1. The number of nitrogens with zero attached hydrogens (tertiary/aromatic N) is 2. The van der Waals surface area contributed by atoms with Crippen LogP contribution in [0.4, 0.5) is 0 Å². The van der Waals surface area contributed by atoms with Crippen LogP contribution in [0, 0.1) is 6.92 Å². The molecule has 0 atom stereocenters. The van der Waals surface area contributed by atoms with Crippen LogP contribution in [-0.4, -0.2) is 9.90 Å². The molecule has 4 heteroatoms. The summed E-state index contributed by atoms with van der Waals surface area (Å²) in [5.41, 5.74) is 1.86. The Morgan fingerprint density at radius 1 is 1.33 bits per heavy atom. The molecule has 0 unspecified atom stereocenters. The van der Waals surface area contributed by atoms with Gasteiger partial charge in [-0.05, 0) is 5.56 Å². The quantitative estimate of drug-likeness (QED) is 0.705. The number of hydrogen-bond donors (Lipinski definition) is 1. The summed E-state index contributed by atoms with van der Waals surface area (Å²) in [6.07, 6.45) is 0. The smallest absolute Gasteiger partial charge is 0.235 e. The molecule has 1 aromatic heterocycles. The van der Waals surface area contributed by atoms with E-state index in [0.717, 1.165) is 5.56 Å². The summed E-state index contributed by atoms with van der Waals surface area (Å²) >= 11 is 0. The number of aryl methyl sites for hydroxylation is 1. The summed E-state index contributed by atoms with van der Waals surface area (Å²) in [6.45, 7) is 2.39. The van der Waals surface area contributed by atoms with Gasteiger partial charge < -0.3 is 0 Å². The van der Waals surface area contributed by atoms with Crippen LogP contribution in [0.3, 0.4) is 0 Å². The van der Waals surface area contributed by atoms with Crippen molar-refractivity contribution in [2.24, 2.45) is 7.05 Å². The summed E-state index contributed by atoms with van der Waals surface area (Å²) in [5.74, 6) is 0. The van der Waals surface area contributed by atoms with Gasteiger partial charge in [-0.1, -0.05) is 35.5 Å². The Kier molecular flexibility index (Phi) is 2.41. The Balaban J connectivity index is 2.33. The molecule has 0 aliphatic carbocycles. The van der Waals surface area contributed by atoms with Gasteiger partial charge in [-0.3, -0.25) is 0 Å². The standard InChI is InChI=1S/C11H13N3O/c1-9-11(15)14(12-13(9)2)8-10-6-4-3-5-7-10/h3-7H,8H2,1-2H3/p+1. The lowest BCUT2D eigenvalue weighted by Crippen LogP contribution is -2.34. The minimum atomic E-state index is 0.0290. The summed E-state index contributed by atoms with van der Waals surface area (Å²) in [5, 5.41) is 2.98. The first kappa shape index (κ1) is 9.71. The van der Waals surface area contributed by atoms with Gasteiger partial charge in [0.05, 0.1) is 0 Å². The Hall–Kier alpha value is -1.84. The van der Waals surface area contributed by atoms with Gasteiger partial charge in [0.15, 0.2) is 0 Å². The van der Waals surface area contributed by atoms with E-state index in [9.17, 15) is 4.79 Å². The number of hydrogen-bond acceptors (Lipinski definition) is 1. The lowest BCUT2D eigenvalue weighted by molar-refractivity contribution is -0.737. The Morgan fingerprint density at radius 2 is 2.00 bits per heavy atom. The topological polar surface area (TPSA) is 41.7 Å². The van der Waals surface area contributed by atoms with Gasteiger partial charge in [-0.15, -0.1) is 4.68 Å². The Bertz CT molecular complexity index is 510. The zero-order valence-electron chi connectivity index (χ0n) is 8.90. The minimum Gasteiger partial charge on any atom is -0.235 e. The van der Waals surface area contributed by atoms with E-state index in [-0.39, 0.29) is 5.56 Å². The highest BCUT2D eigenvalue weighted by Gasteiger charge is 2.13. The molecule has 1 aromatic carbocycles. The molecule has 2 aromatic rings. The van der Waals surface area contributed by atoms with E-state index in [0.29, 0.717) is 12.2 Å². The van der Waals surface area contributed by atoms with E-state index in [2.05, 4.69) is 5.21 Å². The van der Waals surface area contributed by atoms with Crippen LogP contribution in [0.2, 0.25) is 0 Å². The molecule has 78 valence electrons. The summed E-state index contributed by atoms with van der Waals surface area (Å²) in [6, 6.07) is 9.91. The Morgan fingerprint density at radius 3 is 2.53 bits per heavy atom. The third kappa shape index (κ3) is 1.83. The average Bonchev–Trinajstić information content (AvgIpc) is 2.48. The molecule has 4 nitrogen and oxygen atoms in total. The maximum Gasteiger partial charge on any atom is 0.396 e. The maximum absolute atomic E-state index is 11.7. The van der Waals surface area contributed by atoms with Crippen molar-refractivity contribution in [3.05, 3.63) is 51.9 Å². The van der Waals surface area contributed by atoms with E-state index >= 15 is 0 Å². The molecule has 0 spiro atoms. The molecule has 2 rings (SSSR count). The molecule has 0 aliphatic heterocycles. The molecule has 0 radical (unpaired) electrons. The normalized spacial score (nSPS) is 10.5. The second kappa shape index (κ2) is 3.73. The van der Waals surface area contributed by atoms with Crippen LogP contribution in [-0.2, 0) is 13.6 Å². The molecule has 0 amide bonds. The molecule has 15 heavy (non-hydrogen) atoms. The van der Waals surface area contributed by atoms with Crippen LogP contribution in [0.5, 0.6) is 0 Å². The molecular formula is C11H14N3O+. The highest BCUT2D eigenvalue weighted by atomic mass is 16.1. The van der Waals surface area contributed by atoms with Crippen molar-refractivity contribution in [3.8, 4) is 0 Å². The maximum atomic E-state index is 11.7.